The molecule has 0 aromatic heterocycles. The van der Waals surface area contributed by atoms with Gasteiger partial charge in [0.2, 0.25) is 5.90 Å². The van der Waals surface area contributed by atoms with Crippen LogP contribution in [0, 0.1) is 5.82 Å². The Labute approximate surface area is 216 Å². The number of hydrogen-bond acceptors (Lipinski definition) is 5. The van der Waals surface area contributed by atoms with Crippen molar-refractivity contribution in [2.45, 2.75) is 13.5 Å². The van der Waals surface area contributed by atoms with Crippen LogP contribution >= 0.6 is 15.9 Å². The number of benzene rings is 4. The monoisotopic (exact) mass is 545 g/mol. The van der Waals surface area contributed by atoms with E-state index < -0.39 is 5.97 Å². The Bertz CT molecular complexity index is 1520. The molecule has 0 unspecified atom stereocenters. The van der Waals surface area contributed by atoms with Crippen molar-refractivity contribution in [1.29, 1.82) is 0 Å². The zero-order valence-electron chi connectivity index (χ0n) is 19.3. The van der Waals surface area contributed by atoms with E-state index in [1.54, 1.807) is 36.4 Å². The molecule has 0 bridgehead atoms. The summed E-state index contributed by atoms with van der Waals surface area (Å²) in [4.78, 5) is 17.1. The van der Waals surface area contributed by atoms with Gasteiger partial charge >= 0.3 is 5.97 Å². The summed E-state index contributed by atoms with van der Waals surface area (Å²) in [5, 5.41) is 1.98. The summed E-state index contributed by atoms with van der Waals surface area (Å²) in [6.45, 7) is 2.29. The van der Waals surface area contributed by atoms with Crippen molar-refractivity contribution in [2.24, 2.45) is 4.99 Å². The molecule has 0 N–H and O–H groups in total. The summed E-state index contributed by atoms with van der Waals surface area (Å²) in [5.41, 5.74) is 2.02. The van der Waals surface area contributed by atoms with Gasteiger partial charge in [0.15, 0.2) is 17.2 Å². The van der Waals surface area contributed by atoms with E-state index in [1.807, 2.05) is 49.4 Å². The Morgan fingerprint density at radius 3 is 2.61 bits per heavy atom. The fourth-order valence-electron chi connectivity index (χ4n) is 3.93. The highest BCUT2D eigenvalue weighted by Crippen LogP contribution is 2.38. The third-order valence-corrected chi connectivity index (χ3v) is 6.19. The van der Waals surface area contributed by atoms with Gasteiger partial charge in [0.25, 0.3) is 0 Å². The predicted octanol–water partition coefficient (Wildman–Crippen LogP) is 7.06. The van der Waals surface area contributed by atoms with Crippen LogP contribution in [0.1, 0.15) is 23.6 Å². The predicted molar refractivity (Wildman–Crippen MR) is 141 cm³/mol. The molecule has 4 aromatic rings. The molecular formula is C29H21BrFNO4. The van der Waals surface area contributed by atoms with Crippen LogP contribution in [0.3, 0.4) is 0 Å². The van der Waals surface area contributed by atoms with E-state index in [9.17, 15) is 9.18 Å². The molecule has 7 heteroatoms. The minimum Gasteiger partial charge on any atom is -0.490 e. The van der Waals surface area contributed by atoms with E-state index in [4.69, 9.17) is 14.2 Å². The van der Waals surface area contributed by atoms with Crippen LogP contribution in [0.5, 0.6) is 11.5 Å². The number of carbonyl (C=O) groups excluding carboxylic acids is 1. The highest BCUT2D eigenvalue weighted by atomic mass is 79.9. The number of nitrogens with zero attached hydrogens (tertiary/aromatic N) is 1. The van der Waals surface area contributed by atoms with E-state index in [0.29, 0.717) is 33.7 Å². The molecule has 1 aliphatic heterocycles. The Morgan fingerprint density at radius 1 is 1.00 bits per heavy atom. The first-order valence-electron chi connectivity index (χ1n) is 11.4. The van der Waals surface area contributed by atoms with Crippen molar-refractivity contribution >= 4 is 44.6 Å². The molecule has 0 amide bonds. The third kappa shape index (κ3) is 4.88. The van der Waals surface area contributed by atoms with Gasteiger partial charge in [0.05, 0.1) is 11.1 Å². The third-order valence-electron chi connectivity index (χ3n) is 5.61. The van der Waals surface area contributed by atoms with E-state index in [0.717, 1.165) is 16.3 Å². The first kappa shape index (κ1) is 23.8. The zero-order valence-corrected chi connectivity index (χ0v) is 20.9. The van der Waals surface area contributed by atoms with Gasteiger partial charge in [-0.3, -0.25) is 0 Å². The lowest BCUT2D eigenvalue weighted by Crippen LogP contribution is -2.06. The van der Waals surface area contributed by atoms with Crippen LogP contribution < -0.4 is 9.47 Å². The van der Waals surface area contributed by atoms with Crippen LogP contribution in [0.4, 0.5) is 4.39 Å². The number of ether oxygens (including phenoxy) is 3. The number of carbonyl (C=O) groups is 1. The number of halogens is 2. The molecule has 1 heterocycles. The van der Waals surface area contributed by atoms with Crippen LogP contribution in [0.25, 0.3) is 16.8 Å². The van der Waals surface area contributed by atoms with Crippen LogP contribution in [-0.4, -0.2) is 18.5 Å². The van der Waals surface area contributed by atoms with E-state index in [-0.39, 0.29) is 24.0 Å². The van der Waals surface area contributed by atoms with Crippen molar-refractivity contribution in [2.75, 3.05) is 6.61 Å². The summed E-state index contributed by atoms with van der Waals surface area (Å²) >= 11 is 3.52. The molecule has 0 aliphatic carbocycles. The molecule has 180 valence electrons. The van der Waals surface area contributed by atoms with Crippen molar-refractivity contribution in [3.63, 3.8) is 0 Å². The SMILES string of the molecule is CCOc1cc(/C=C2\N=C(c3cccc4ccccc34)OC2=O)cc(Br)c1OCc1ccccc1F. The number of fused-ring (bicyclic) bond motifs is 1. The summed E-state index contributed by atoms with van der Waals surface area (Å²) in [7, 11) is 0. The number of esters is 1. The maximum atomic E-state index is 14.0. The average Bonchev–Trinajstić information content (AvgIpc) is 3.24. The van der Waals surface area contributed by atoms with Gasteiger partial charge in [-0.1, -0.05) is 54.6 Å². The summed E-state index contributed by atoms with van der Waals surface area (Å²) in [6, 6.07) is 23.6. The van der Waals surface area contributed by atoms with Crippen LogP contribution in [0.15, 0.2) is 94.0 Å². The highest BCUT2D eigenvalue weighted by molar-refractivity contribution is 9.10. The molecule has 0 fully saturated rings. The molecule has 0 radical (unpaired) electrons. The molecule has 5 rings (SSSR count). The fourth-order valence-corrected chi connectivity index (χ4v) is 4.51. The first-order chi connectivity index (χ1) is 17.5. The van der Waals surface area contributed by atoms with Gasteiger partial charge < -0.3 is 14.2 Å². The number of hydrogen-bond donors (Lipinski definition) is 0. The normalized spacial score (nSPS) is 14.1. The highest BCUT2D eigenvalue weighted by Gasteiger charge is 2.25. The van der Waals surface area contributed by atoms with E-state index in [2.05, 4.69) is 20.9 Å². The quantitative estimate of drug-likeness (QED) is 0.184. The molecule has 5 nitrogen and oxygen atoms in total. The summed E-state index contributed by atoms with van der Waals surface area (Å²) in [5.74, 6) is 0.285. The molecule has 1 aliphatic rings. The van der Waals surface area contributed by atoms with Crippen LogP contribution in [-0.2, 0) is 16.1 Å². The number of rotatable bonds is 7. The standard InChI is InChI=1S/C29H21BrFNO4/c1-2-34-26-16-18(14-23(30)27(26)35-17-20-9-4-6-13-24(20)31)15-25-29(33)36-28(32-25)22-12-7-10-19-8-3-5-11-21(19)22/h3-16H,2,17H2,1H3/b25-15-. The van der Waals surface area contributed by atoms with Gasteiger partial charge in [-0.15, -0.1) is 0 Å². The second kappa shape index (κ2) is 10.3. The fraction of sp³-hybridized carbons (Fsp3) is 0.103. The topological polar surface area (TPSA) is 57.1 Å². The molecule has 4 aromatic carbocycles. The maximum absolute atomic E-state index is 14.0. The average molecular weight is 546 g/mol. The first-order valence-corrected chi connectivity index (χ1v) is 12.2. The molecule has 0 atom stereocenters. The van der Waals surface area contributed by atoms with E-state index >= 15 is 0 Å². The van der Waals surface area contributed by atoms with Gasteiger partial charge in [0.1, 0.15) is 12.4 Å². The molecule has 36 heavy (non-hydrogen) atoms. The van der Waals surface area contributed by atoms with Crippen molar-refractivity contribution in [3.05, 3.63) is 112 Å². The Morgan fingerprint density at radius 2 is 1.78 bits per heavy atom. The molecule has 0 saturated heterocycles. The minimum absolute atomic E-state index is 0.0385. The maximum Gasteiger partial charge on any atom is 0.363 e. The van der Waals surface area contributed by atoms with Gasteiger partial charge in [-0.25, -0.2) is 14.2 Å². The lowest BCUT2D eigenvalue weighted by molar-refractivity contribution is -0.129. The number of aliphatic imine (C=N–C) groups is 1. The Kier molecular flexibility index (Phi) is 6.82. The number of cyclic esters (lactones) is 1. The minimum atomic E-state index is -0.535. The molecule has 0 spiro atoms. The van der Waals surface area contributed by atoms with Gasteiger partial charge in [-0.05, 0) is 69.5 Å². The second-order valence-electron chi connectivity index (χ2n) is 8.01. The molecular weight excluding hydrogens is 525 g/mol. The lowest BCUT2D eigenvalue weighted by atomic mass is 10.0. The Hall–Kier alpha value is -3.97. The van der Waals surface area contributed by atoms with Crippen molar-refractivity contribution in [3.8, 4) is 11.5 Å². The smallest absolute Gasteiger partial charge is 0.363 e. The Balaban J connectivity index is 1.46. The van der Waals surface area contributed by atoms with Crippen molar-refractivity contribution < 1.29 is 23.4 Å². The second-order valence-corrected chi connectivity index (χ2v) is 8.86. The molecule has 0 saturated carbocycles. The summed E-state index contributed by atoms with van der Waals surface area (Å²) < 4.78 is 31.8. The van der Waals surface area contributed by atoms with Crippen LogP contribution in [0.2, 0.25) is 0 Å². The van der Waals surface area contributed by atoms with Gasteiger partial charge in [-0.2, -0.15) is 0 Å². The lowest BCUT2D eigenvalue weighted by Gasteiger charge is -2.15. The van der Waals surface area contributed by atoms with E-state index in [1.165, 1.54) is 6.07 Å². The zero-order chi connectivity index (χ0) is 25.1. The van der Waals surface area contributed by atoms with Crippen molar-refractivity contribution in [1.82, 2.24) is 0 Å². The summed E-state index contributed by atoms with van der Waals surface area (Å²) in [6.07, 6.45) is 1.63. The largest absolute Gasteiger partial charge is 0.490 e. The van der Waals surface area contributed by atoms with Gasteiger partial charge in [0, 0.05) is 11.1 Å².